The smallest absolute Gasteiger partial charge is 0.410 e. The number of ether oxygens (including phenoxy) is 1. The second-order valence-corrected chi connectivity index (χ2v) is 8.09. The molecule has 5 heteroatoms. The number of halogens is 1. The van der Waals surface area contributed by atoms with Crippen LogP contribution in [0.3, 0.4) is 0 Å². The van der Waals surface area contributed by atoms with E-state index in [1.165, 1.54) is 12.1 Å². The maximum Gasteiger partial charge on any atom is 0.410 e. The van der Waals surface area contributed by atoms with Crippen LogP contribution >= 0.6 is 0 Å². The number of carbonyl (C=O) groups is 1. The number of aliphatic hydroxyl groups is 1. The van der Waals surface area contributed by atoms with E-state index in [1.54, 1.807) is 6.07 Å². The maximum absolute atomic E-state index is 13.8. The molecule has 2 atom stereocenters. The summed E-state index contributed by atoms with van der Waals surface area (Å²) in [6, 6.07) is 14.0. The molecule has 2 heterocycles. The van der Waals surface area contributed by atoms with Crippen LogP contribution in [0.4, 0.5) is 9.18 Å². The Labute approximate surface area is 164 Å². The van der Waals surface area contributed by atoms with Crippen molar-refractivity contribution in [3.05, 3.63) is 71.0 Å². The first-order valence-corrected chi connectivity index (χ1v) is 9.94. The Morgan fingerprint density at radius 2 is 1.86 bits per heavy atom. The molecule has 0 spiro atoms. The van der Waals surface area contributed by atoms with Crippen LogP contribution in [0.15, 0.2) is 48.5 Å². The fourth-order valence-electron chi connectivity index (χ4n) is 4.84. The third kappa shape index (κ3) is 3.63. The van der Waals surface area contributed by atoms with Crippen molar-refractivity contribution >= 4 is 6.09 Å². The summed E-state index contributed by atoms with van der Waals surface area (Å²) >= 11 is 0. The molecule has 2 aromatic rings. The van der Waals surface area contributed by atoms with Crippen LogP contribution in [0.2, 0.25) is 0 Å². The van der Waals surface area contributed by atoms with Gasteiger partial charge >= 0.3 is 6.09 Å². The van der Waals surface area contributed by atoms with Gasteiger partial charge in [-0.1, -0.05) is 36.4 Å². The van der Waals surface area contributed by atoms with Gasteiger partial charge in [0, 0.05) is 24.9 Å². The zero-order valence-electron chi connectivity index (χ0n) is 16.1. The minimum absolute atomic E-state index is 0.0940. The van der Waals surface area contributed by atoms with E-state index in [2.05, 4.69) is 0 Å². The number of rotatable bonds is 3. The molecule has 4 nitrogen and oxygen atoms in total. The fourth-order valence-corrected chi connectivity index (χ4v) is 4.84. The quantitative estimate of drug-likeness (QED) is 0.838. The van der Waals surface area contributed by atoms with E-state index in [1.807, 2.05) is 42.2 Å². The summed E-state index contributed by atoms with van der Waals surface area (Å²) in [5.41, 5.74) is 1.35. The van der Waals surface area contributed by atoms with Gasteiger partial charge in [-0.15, -0.1) is 0 Å². The van der Waals surface area contributed by atoms with Crippen molar-refractivity contribution in [1.82, 2.24) is 4.90 Å². The van der Waals surface area contributed by atoms with Crippen molar-refractivity contribution < 1.29 is 19.0 Å². The number of hydrogen-bond acceptors (Lipinski definition) is 3. The molecule has 1 N–H and O–H groups in total. The second kappa shape index (κ2) is 7.55. The van der Waals surface area contributed by atoms with Gasteiger partial charge in [0.15, 0.2) is 0 Å². The number of aryl methyl sites for hydroxylation is 1. The predicted molar refractivity (Wildman–Crippen MR) is 104 cm³/mol. The number of nitrogens with zero attached hydrogens (tertiary/aromatic N) is 1. The number of piperidine rings is 2. The summed E-state index contributed by atoms with van der Waals surface area (Å²) in [4.78, 5) is 14.6. The van der Waals surface area contributed by atoms with Crippen molar-refractivity contribution in [2.75, 3.05) is 0 Å². The highest BCUT2D eigenvalue weighted by Gasteiger charge is 2.49. The highest BCUT2D eigenvalue weighted by atomic mass is 19.1. The molecular formula is C23H26FNO3. The molecule has 0 radical (unpaired) electrons. The standard InChI is InChI=1S/C23H26FNO3/c1-16-10-11-18(24)12-21(16)23(27)13-19-8-5-9-20(14-23)25(19)22(26)28-15-17-6-3-2-4-7-17/h2-4,6-7,10-12,19-20,27H,5,8-9,13-15H2,1H3. The minimum atomic E-state index is -1.11. The van der Waals surface area contributed by atoms with E-state index >= 15 is 0 Å². The topological polar surface area (TPSA) is 49.8 Å². The second-order valence-electron chi connectivity index (χ2n) is 8.09. The molecule has 0 aromatic heterocycles. The van der Waals surface area contributed by atoms with Crippen molar-refractivity contribution in [3.63, 3.8) is 0 Å². The lowest BCUT2D eigenvalue weighted by molar-refractivity contribution is -0.0900. The molecule has 2 bridgehead atoms. The van der Waals surface area contributed by atoms with Crippen molar-refractivity contribution in [2.45, 2.75) is 63.3 Å². The first-order valence-electron chi connectivity index (χ1n) is 9.94. The molecule has 2 aliphatic heterocycles. The summed E-state index contributed by atoms with van der Waals surface area (Å²) in [6.07, 6.45) is 3.18. The molecule has 0 aliphatic carbocycles. The van der Waals surface area contributed by atoms with Crippen LogP contribution in [0.5, 0.6) is 0 Å². The lowest BCUT2D eigenvalue weighted by Crippen LogP contribution is -2.59. The van der Waals surface area contributed by atoms with Crippen LogP contribution in [-0.4, -0.2) is 28.2 Å². The van der Waals surface area contributed by atoms with E-state index in [0.717, 1.165) is 30.4 Å². The van der Waals surface area contributed by atoms with Crippen molar-refractivity contribution in [1.29, 1.82) is 0 Å². The largest absolute Gasteiger partial charge is 0.445 e. The van der Waals surface area contributed by atoms with Crippen molar-refractivity contribution in [2.24, 2.45) is 0 Å². The number of fused-ring (bicyclic) bond motifs is 2. The van der Waals surface area contributed by atoms with Gasteiger partial charge in [0.1, 0.15) is 12.4 Å². The lowest BCUT2D eigenvalue weighted by Gasteiger charge is -2.51. The van der Waals surface area contributed by atoms with E-state index in [0.29, 0.717) is 18.4 Å². The number of hydrogen-bond donors (Lipinski definition) is 1. The minimum Gasteiger partial charge on any atom is -0.445 e. The Bertz CT molecular complexity index is 840. The Hall–Kier alpha value is -2.40. The molecule has 2 fully saturated rings. The first-order chi connectivity index (χ1) is 13.5. The van der Waals surface area contributed by atoms with Crippen LogP contribution in [0.25, 0.3) is 0 Å². The average Bonchev–Trinajstić information content (AvgIpc) is 2.68. The van der Waals surface area contributed by atoms with E-state index in [-0.39, 0.29) is 30.6 Å². The Morgan fingerprint density at radius 1 is 1.18 bits per heavy atom. The highest BCUT2D eigenvalue weighted by molar-refractivity contribution is 5.69. The first kappa shape index (κ1) is 18.9. The van der Waals surface area contributed by atoms with Gasteiger partial charge in [-0.25, -0.2) is 9.18 Å². The lowest BCUT2D eigenvalue weighted by atomic mass is 9.72. The molecule has 2 saturated heterocycles. The molecule has 2 aliphatic rings. The summed E-state index contributed by atoms with van der Waals surface area (Å²) < 4.78 is 19.4. The van der Waals surface area contributed by atoms with Crippen molar-refractivity contribution in [3.8, 4) is 0 Å². The summed E-state index contributed by atoms with van der Waals surface area (Å²) in [7, 11) is 0. The van der Waals surface area contributed by atoms with Gasteiger partial charge in [-0.05, 0) is 55.0 Å². The van der Waals surface area contributed by atoms with Gasteiger partial charge in [-0.2, -0.15) is 0 Å². The van der Waals surface area contributed by atoms with E-state index in [4.69, 9.17) is 4.74 Å². The number of carbonyl (C=O) groups excluding carboxylic acids is 1. The molecule has 0 saturated carbocycles. The Balaban J connectivity index is 1.52. The SMILES string of the molecule is Cc1ccc(F)cc1C1(O)CC2CCCC(C1)N2C(=O)OCc1ccccc1. The van der Waals surface area contributed by atoms with Crippen LogP contribution < -0.4 is 0 Å². The van der Waals surface area contributed by atoms with E-state index < -0.39 is 5.60 Å². The molecule has 1 amide bonds. The van der Waals surface area contributed by atoms with Gasteiger partial charge in [-0.3, -0.25) is 0 Å². The third-order valence-electron chi connectivity index (χ3n) is 6.13. The van der Waals surface area contributed by atoms with Gasteiger partial charge in [0.05, 0.1) is 5.60 Å². The summed E-state index contributed by atoms with van der Waals surface area (Å²) in [5, 5.41) is 11.4. The normalized spacial score (nSPS) is 26.8. The highest BCUT2D eigenvalue weighted by Crippen LogP contribution is 2.45. The molecule has 2 aromatic carbocycles. The Kier molecular flexibility index (Phi) is 5.11. The maximum atomic E-state index is 13.8. The van der Waals surface area contributed by atoms with Gasteiger partial charge in [0.2, 0.25) is 0 Å². The fraction of sp³-hybridized carbons (Fsp3) is 0.435. The summed E-state index contributed by atoms with van der Waals surface area (Å²) in [5.74, 6) is -0.344. The third-order valence-corrected chi connectivity index (χ3v) is 6.13. The predicted octanol–water partition coefficient (Wildman–Crippen LogP) is 4.68. The average molecular weight is 383 g/mol. The van der Waals surface area contributed by atoms with Crippen LogP contribution in [0.1, 0.15) is 48.8 Å². The van der Waals surface area contributed by atoms with Crippen LogP contribution in [-0.2, 0) is 16.9 Å². The van der Waals surface area contributed by atoms with Gasteiger partial charge in [0.25, 0.3) is 0 Å². The molecule has 148 valence electrons. The molecule has 28 heavy (non-hydrogen) atoms. The zero-order chi connectivity index (χ0) is 19.7. The molecule has 2 unspecified atom stereocenters. The van der Waals surface area contributed by atoms with Gasteiger partial charge < -0.3 is 14.7 Å². The Morgan fingerprint density at radius 3 is 2.54 bits per heavy atom. The monoisotopic (exact) mass is 383 g/mol. The van der Waals surface area contributed by atoms with Crippen LogP contribution in [0, 0.1) is 12.7 Å². The summed E-state index contributed by atoms with van der Waals surface area (Å²) in [6.45, 7) is 2.13. The number of benzene rings is 2. The number of amides is 1. The molecular weight excluding hydrogens is 357 g/mol. The molecule has 4 rings (SSSR count). The zero-order valence-corrected chi connectivity index (χ0v) is 16.1. The van der Waals surface area contributed by atoms with E-state index in [9.17, 15) is 14.3 Å².